The fourth-order valence-corrected chi connectivity index (χ4v) is 3.16. The van der Waals surface area contributed by atoms with Gasteiger partial charge >= 0.3 is 0 Å². The van der Waals surface area contributed by atoms with Gasteiger partial charge in [0.05, 0.1) is 5.56 Å². The third kappa shape index (κ3) is 3.27. The van der Waals surface area contributed by atoms with Crippen molar-refractivity contribution in [3.05, 3.63) is 75.8 Å². The maximum absolute atomic E-state index is 6.18. The Morgan fingerprint density at radius 3 is 2.35 bits per heavy atom. The summed E-state index contributed by atoms with van der Waals surface area (Å²) in [6.07, 6.45) is 0. The highest BCUT2D eigenvalue weighted by molar-refractivity contribution is 7.80. The molecule has 0 saturated heterocycles. The van der Waals surface area contributed by atoms with Crippen LogP contribution in [-0.2, 0) is 6.61 Å². The maximum atomic E-state index is 6.18. The highest BCUT2D eigenvalue weighted by Gasteiger charge is 2.13. The first-order valence-electron chi connectivity index (χ1n) is 6.95. The lowest BCUT2D eigenvalue weighted by Gasteiger charge is -2.14. The van der Waals surface area contributed by atoms with Gasteiger partial charge in [-0.05, 0) is 29.0 Å². The van der Waals surface area contributed by atoms with Crippen molar-refractivity contribution in [3.63, 3.8) is 0 Å². The lowest BCUT2D eigenvalue weighted by Crippen LogP contribution is -2.12. The van der Waals surface area contributed by atoms with E-state index in [1.165, 1.54) is 0 Å². The summed E-state index contributed by atoms with van der Waals surface area (Å²) in [6.45, 7) is 0.243. The molecule has 0 heterocycles. The Morgan fingerprint density at radius 1 is 0.957 bits per heavy atom. The van der Waals surface area contributed by atoms with E-state index in [0.29, 0.717) is 20.8 Å². The molecule has 0 bridgehead atoms. The molecule has 2 nitrogen and oxygen atoms in total. The van der Waals surface area contributed by atoms with Gasteiger partial charge in [0.2, 0.25) is 0 Å². The van der Waals surface area contributed by atoms with Crippen molar-refractivity contribution in [2.75, 3.05) is 0 Å². The minimum absolute atomic E-state index is 0.243. The highest BCUT2D eigenvalue weighted by Crippen LogP contribution is 2.31. The van der Waals surface area contributed by atoms with Gasteiger partial charge in [0.25, 0.3) is 0 Å². The van der Waals surface area contributed by atoms with Crippen LogP contribution in [0.4, 0.5) is 0 Å². The van der Waals surface area contributed by atoms with Crippen molar-refractivity contribution < 1.29 is 4.74 Å². The van der Waals surface area contributed by atoms with Gasteiger partial charge in [-0.15, -0.1) is 0 Å². The summed E-state index contributed by atoms with van der Waals surface area (Å²) in [7, 11) is 0. The van der Waals surface area contributed by atoms with E-state index in [1.807, 2.05) is 36.4 Å². The largest absolute Gasteiger partial charge is 0.488 e. The topological polar surface area (TPSA) is 35.2 Å². The van der Waals surface area contributed by atoms with E-state index < -0.39 is 0 Å². The molecule has 3 aromatic rings. The number of halogens is 2. The van der Waals surface area contributed by atoms with Crippen LogP contribution in [-0.4, -0.2) is 4.99 Å². The van der Waals surface area contributed by atoms with Crippen LogP contribution in [0.5, 0.6) is 5.75 Å². The molecule has 0 unspecified atom stereocenters. The molecule has 0 spiro atoms. The number of fused-ring (bicyclic) bond motifs is 1. The van der Waals surface area contributed by atoms with Crippen LogP contribution in [0.1, 0.15) is 11.1 Å². The van der Waals surface area contributed by atoms with Crippen LogP contribution in [0.15, 0.2) is 54.6 Å². The van der Waals surface area contributed by atoms with Crippen molar-refractivity contribution in [1.29, 1.82) is 0 Å². The number of ether oxygens (including phenoxy) is 1. The summed E-state index contributed by atoms with van der Waals surface area (Å²) < 4.78 is 5.92. The second-order valence-electron chi connectivity index (χ2n) is 5.01. The van der Waals surface area contributed by atoms with Gasteiger partial charge in [0, 0.05) is 15.6 Å². The number of hydrogen-bond donors (Lipinski definition) is 1. The second kappa shape index (κ2) is 6.75. The summed E-state index contributed by atoms with van der Waals surface area (Å²) in [5.41, 5.74) is 7.37. The lowest BCUT2D eigenvalue weighted by molar-refractivity contribution is 0.306. The molecule has 0 aromatic heterocycles. The Kier molecular flexibility index (Phi) is 4.71. The Bertz CT molecular complexity index is 875. The summed E-state index contributed by atoms with van der Waals surface area (Å²) in [5.74, 6) is 0.618. The molecule has 2 N–H and O–H groups in total. The first-order chi connectivity index (χ1) is 11.1. The van der Waals surface area contributed by atoms with Gasteiger partial charge in [-0.1, -0.05) is 71.8 Å². The van der Waals surface area contributed by atoms with Gasteiger partial charge in [-0.3, -0.25) is 0 Å². The van der Waals surface area contributed by atoms with Gasteiger partial charge in [0.1, 0.15) is 17.3 Å². The number of hydrogen-bond acceptors (Lipinski definition) is 2. The van der Waals surface area contributed by atoms with E-state index in [2.05, 4.69) is 0 Å². The number of nitrogens with two attached hydrogens (primary N) is 1. The summed E-state index contributed by atoms with van der Waals surface area (Å²) >= 11 is 17.6. The monoisotopic (exact) mass is 361 g/mol. The van der Waals surface area contributed by atoms with Crippen molar-refractivity contribution in [1.82, 2.24) is 0 Å². The van der Waals surface area contributed by atoms with Gasteiger partial charge in [-0.2, -0.15) is 0 Å². The van der Waals surface area contributed by atoms with Crippen molar-refractivity contribution >= 4 is 51.2 Å². The number of thiocarbonyl (C=S) groups is 1. The zero-order valence-electron chi connectivity index (χ0n) is 12.1. The van der Waals surface area contributed by atoms with Crippen molar-refractivity contribution in [2.24, 2.45) is 5.73 Å². The Hall–Kier alpha value is -1.81. The van der Waals surface area contributed by atoms with E-state index in [9.17, 15) is 0 Å². The molecule has 23 heavy (non-hydrogen) atoms. The molecule has 0 saturated carbocycles. The smallest absolute Gasteiger partial charge is 0.130 e. The molecule has 3 aromatic carbocycles. The molecule has 0 aliphatic carbocycles. The maximum Gasteiger partial charge on any atom is 0.130 e. The van der Waals surface area contributed by atoms with Crippen LogP contribution in [0, 0.1) is 0 Å². The van der Waals surface area contributed by atoms with E-state index in [4.69, 9.17) is 45.9 Å². The Balaban J connectivity index is 2.00. The molecule has 3 rings (SSSR count). The molecule has 5 heteroatoms. The molecule has 0 fully saturated rings. The third-order valence-corrected chi connectivity index (χ3v) is 4.48. The van der Waals surface area contributed by atoms with E-state index in [1.54, 1.807) is 18.2 Å². The third-order valence-electron chi connectivity index (χ3n) is 3.57. The number of benzene rings is 3. The molecule has 0 amide bonds. The molecule has 0 radical (unpaired) electrons. The minimum atomic E-state index is 0.243. The van der Waals surface area contributed by atoms with Crippen LogP contribution in [0.25, 0.3) is 10.8 Å². The van der Waals surface area contributed by atoms with Crippen LogP contribution < -0.4 is 10.5 Å². The van der Waals surface area contributed by atoms with E-state index >= 15 is 0 Å². The van der Waals surface area contributed by atoms with Crippen molar-refractivity contribution in [3.8, 4) is 5.75 Å². The summed E-state index contributed by atoms with van der Waals surface area (Å²) in [4.78, 5) is 0.294. The minimum Gasteiger partial charge on any atom is -0.488 e. The Labute approximate surface area is 149 Å². The summed E-state index contributed by atoms with van der Waals surface area (Å²) in [6, 6.07) is 17.1. The van der Waals surface area contributed by atoms with Crippen LogP contribution >= 0.6 is 35.4 Å². The normalized spacial score (nSPS) is 10.7. The van der Waals surface area contributed by atoms with Crippen molar-refractivity contribution in [2.45, 2.75) is 6.61 Å². The highest BCUT2D eigenvalue weighted by atomic mass is 35.5. The fraction of sp³-hybridized carbons (Fsp3) is 0.0556. The Morgan fingerprint density at radius 2 is 1.65 bits per heavy atom. The SMILES string of the molecule is NC(=S)c1c(OCc2c(Cl)cccc2Cl)ccc2ccccc12. The van der Waals surface area contributed by atoms with Gasteiger partial charge in [0.15, 0.2) is 0 Å². The molecule has 0 aliphatic rings. The zero-order valence-corrected chi connectivity index (χ0v) is 14.4. The molecular formula is C18H13Cl2NOS. The first-order valence-corrected chi connectivity index (χ1v) is 8.11. The fourth-order valence-electron chi connectivity index (χ4n) is 2.45. The zero-order chi connectivity index (χ0) is 16.4. The predicted molar refractivity (Wildman–Crippen MR) is 101 cm³/mol. The average molecular weight is 362 g/mol. The molecule has 0 atom stereocenters. The van der Waals surface area contributed by atoms with E-state index in [-0.39, 0.29) is 6.61 Å². The first kappa shape index (κ1) is 16.1. The molecule has 0 aliphatic heterocycles. The summed E-state index contributed by atoms with van der Waals surface area (Å²) in [5, 5.41) is 3.14. The van der Waals surface area contributed by atoms with Gasteiger partial charge in [-0.25, -0.2) is 0 Å². The quantitative estimate of drug-likeness (QED) is 0.635. The predicted octanol–water partition coefficient (Wildman–Crippen LogP) is 5.36. The standard InChI is InChI=1S/C18H13Cl2NOS/c19-14-6-3-7-15(20)13(14)10-22-16-9-8-11-4-1-2-5-12(11)17(16)18(21)23/h1-9H,10H2,(H2,21,23). The number of rotatable bonds is 4. The van der Waals surface area contributed by atoms with Crippen LogP contribution in [0.2, 0.25) is 10.0 Å². The second-order valence-corrected chi connectivity index (χ2v) is 6.27. The lowest BCUT2D eigenvalue weighted by atomic mass is 10.0. The average Bonchev–Trinajstić information content (AvgIpc) is 2.53. The van der Waals surface area contributed by atoms with Crippen LogP contribution in [0.3, 0.4) is 0 Å². The van der Waals surface area contributed by atoms with Gasteiger partial charge < -0.3 is 10.5 Å². The molecular weight excluding hydrogens is 349 g/mol. The molecule has 116 valence electrons. The van der Waals surface area contributed by atoms with E-state index in [0.717, 1.165) is 21.9 Å².